The molecule has 0 bridgehead atoms. The summed E-state index contributed by atoms with van der Waals surface area (Å²) in [5, 5.41) is 11.6. The lowest BCUT2D eigenvalue weighted by Crippen LogP contribution is -2.32. The standard InChI is InChI=1S/C15H15ClN2O3/c1-18-15(21)12(9-17)14(20)4-2-3-13(19)10-5-7-11(16)8-6-10/h5-8,12H,2-4H2,1H3,(H,18,21)/t12-/m1/s1. The van der Waals surface area contributed by atoms with E-state index in [1.54, 1.807) is 30.3 Å². The van der Waals surface area contributed by atoms with E-state index < -0.39 is 17.6 Å². The number of nitrogens with zero attached hydrogens (tertiary/aromatic N) is 1. The molecule has 21 heavy (non-hydrogen) atoms. The number of hydrogen-bond acceptors (Lipinski definition) is 4. The number of ketones is 2. The normalized spacial score (nSPS) is 11.3. The quantitative estimate of drug-likeness (QED) is 0.617. The van der Waals surface area contributed by atoms with Crippen molar-refractivity contribution in [1.29, 1.82) is 5.26 Å². The van der Waals surface area contributed by atoms with Crippen molar-refractivity contribution in [2.75, 3.05) is 7.05 Å². The first-order valence-electron chi connectivity index (χ1n) is 6.42. The van der Waals surface area contributed by atoms with Gasteiger partial charge < -0.3 is 5.32 Å². The molecular weight excluding hydrogens is 292 g/mol. The molecule has 1 atom stereocenters. The number of carbonyl (C=O) groups excluding carboxylic acids is 3. The van der Waals surface area contributed by atoms with Gasteiger partial charge >= 0.3 is 0 Å². The highest BCUT2D eigenvalue weighted by atomic mass is 35.5. The molecule has 1 rings (SSSR count). The zero-order chi connectivity index (χ0) is 15.8. The first-order chi connectivity index (χ1) is 9.99. The number of hydrogen-bond donors (Lipinski definition) is 1. The van der Waals surface area contributed by atoms with Gasteiger partial charge in [0, 0.05) is 30.5 Å². The Bertz CT molecular complexity index is 576. The highest BCUT2D eigenvalue weighted by Crippen LogP contribution is 2.13. The van der Waals surface area contributed by atoms with Crippen molar-refractivity contribution >= 4 is 29.1 Å². The Balaban J connectivity index is 2.48. The third-order valence-corrected chi connectivity index (χ3v) is 3.20. The summed E-state index contributed by atoms with van der Waals surface area (Å²) in [6.45, 7) is 0. The number of rotatable bonds is 7. The Morgan fingerprint density at radius 2 is 1.86 bits per heavy atom. The predicted molar refractivity (Wildman–Crippen MR) is 77.8 cm³/mol. The number of nitrogens with one attached hydrogen (secondary N) is 1. The van der Waals surface area contributed by atoms with E-state index in [0.29, 0.717) is 17.0 Å². The van der Waals surface area contributed by atoms with E-state index >= 15 is 0 Å². The maximum Gasteiger partial charge on any atom is 0.244 e. The van der Waals surface area contributed by atoms with Gasteiger partial charge in [-0.15, -0.1) is 0 Å². The van der Waals surface area contributed by atoms with Crippen LogP contribution in [-0.4, -0.2) is 24.5 Å². The van der Waals surface area contributed by atoms with Crippen LogP contribution >= 0.6 is 11.6 Å². The molecule has 0 aliphatic heterocycles. The summed E-state index contributed by atoms with van der Waals surface area (Å²) in [6, 6.07) is 8.15. The van der Waals surface area contributed by atoms with Crippen molar-refractivity contribution in [2.24, 2.45) is 5.92 Å². The highest BCUT2D eigenvalue weighted by Gasteiger charge is 2.24. The molecule has 5 nitrogen and oxygen atoms in total. The minimum absolute atomic E-state index is 0.0188. The molecule has 0 heterocycles. The Labute approximate surface area is 127 Å². The first-order valence-corrected chi connectivity index (χ1v) is 6.80. The third kappa shape index (κ3) is 5.01. The maximum absolute atomic E-state index is 11.9. The van der Waals surface area contributed by atoms with E-state index in [4.69, 9.17) is 16.9 Å². The average Bonchev–Trinajstić information content (AvgIpc) is 2.48. The summed E-state index contributed by atoms with van der Waals surface area (Å²) in [5.41, 5.74) is 0.523. The van der Waals surface area contributed by atoms with E-state index in [2.05, 4.69) is 5.32 Å². The molecule has 0 saturated heterocycles. The van der Waals surface area contributed by atoms with Gasteiger partial charge in [0.05, 0.1) is 6.07 Å². The minimum atomic E-state index is -1.30. The van der Waals surface area contributed by atoms with E-state index in [0.717, 1.165) is 0 Å². The molecule has 1 aromatic carbocycles. The van der Waals surface area contributed by atoms with Crippen molar-refractivity contribution < 1.29 is 14.4 Å². The van der Waals surface area contributed by atoms with Crippen molar-refractivity contribution in [2.45, 2.75) is 19.3 Å². The van der Waals surface area contributed by atoms with Crippen LogP contribution in [-0.2, 0) is 9.59 Å². The number of nitriles is 1. The second-order valence-electron chi connectivity index (χ2n) is 4.43. The molecule has 1 amide bonds. The van der Waals surface area contributed by atoms with Crippen molar-refractivity contribution in [3.05, 3.63) is 34.9 Å². The Morgan fingerprint density at radius 3 is 2.38 bits per heavy atom. The summed E-state index contributed by atoms with van der Waals surface area (Å²) < 4.78 is 0. The lowest BCUT2D eigenvalue weighted by molar-refractivity contribution is -0.131. The van der Waals surface area contributed by atoms with Gasteiger partial charge in [0.2, 0.25) is 5.91 Å². The number of Topliss-reactive ketones (excluding diaryl/α,β-unsaturated/α-hetero) is 2. The Morgan fingerprint density at radius 1 is 1.24 bits per heavy atom. The SMILES string of the molecule is CNC(=O)[C@H](C#N)C(=O)CCCC(=O)c1ccc(Cl)cc1. The smallest absolute Gasteiger partial charge is 0.244 e. The average molecular weight is 307 g/mol. The number of halogens is 1. The van der Waals surface area contributed by atoms with Crippen LogP contribution in [0.2, 0.25) is 5.02 Å². The number of amides is 1. The molecule has 0 radical (unpaired) electrons. The van der Waals surface area contributed by atoms with Crippen LogP contribution in [0.3, 0.4) is 0 Å². The van der Waals surface area contributed by atoms with Crippen molar-refractivity contribution in [3.8, 4) is 6.07 Å². The predicted octanol–water partition coefficient (Wildman–Crippen LogP) is 2.15. The summed E-state index contributed by atoms with van der Waals surface area (Å²) in [7, 11) is 1.37. The van der Waals surface area contributed by atoms with Crippen molar-refractivity contribution in [1.82, 2.24) is 5.32 Å². The van der Waals surface area contributed by atoms with E-state index in [1.165, 1.54) is 7.05 Å². The molecule has 6 heteroatoms. The fraction of sp³-hybridized carbons (Fsp3) is 0.333. The molecule has 1 aromatic rings. The van der Waals surface area contributed by atoms with E-state index in [1.807, 2.05) is 0 Å². The van der Waals surface area contributed by atoms with Crippen LogP contribution in [0.4, 0.5) is 0 Å². The van der Waals surface area contributed by atoms with Crippen LogP contribution in [0.25, 0.3) is 0 Å². The fourth-order valence-corrected chi connectivity index (χ4v) is 1.89. The number of benzene rings is 1. The van der Waals surface area contributed by atoms with Gasteiger partial charge in [0.1, 0.15) is 0 Å². The molecule has 0 spiro atoms. The van der Waals surface area contributed by atoms with Gasteiger partial charge in [-0.05, 0) is 30.7 Å². The third-order valence-electron chi connectivity index (χ3n) is 2.95. The van der Waals surface area contributed by atoms with Crippen LogP contribution in [0.5, 0.6) is 0 Å². The molecule has 1 N–H and O–H groups in total. The molecule has 0 aliphatic rings. The largest absolute Gasteiger partial charge is 0.358 e. The van der Waals surface area contributed by atoms with Crippen LogP contribution < -0.4 is 5.32 Å². The lowest BCUT2D eigenvalue weighted by Gasteiger charge is -2.06. The Kier molecular flexibility index (Phi) is 6.57. The monoisotopic (exact) mass is 306 g/mol. The molecule has 0 fully saturated rings. The van der Waals surface area contributed by atoms with Crippen molar-refractivity contribution in [3.63, 3.8) is 0 Å². The summed E-state index contributed by atoms with van der Waals surface area (Å²) >= 11 is 5.73. The zero-order valence-electron chi connectivity index (χ0n) is 11.6. The van der Waals surface area contributed by atoms with Crippen LogP contribution in [0.15, 0.2) is 24.3 Å². The molecule has 0 aromatic heterocycles. The number of carbonyl (C=O) groups is 3. The van der Waals surface area contributed by atoms with Gasteiger partial charge in [-0.3, -0.25) is 14.4 Å². The van der Waals surface area contributed by atoms with Crippen LogP contribution in [0.1, 0.15) is 29.6 Å². The van der Waals surface area contributed by atoms with Crippen LogP contribution in [0, 0.1) is 17.2 Å². The fourth-order valence-electron chi connectivity index (χ4n) is 1.77. The molecule has 110 valence electrons. The second kappa shape index (κ2) is 8.18. The molecular formula is C15H15ClN2O3. The van der Waals surface area contributed by atoms with Gasteiger partial charge in [-0.25, -0.2) is 0 Å². The molecule has 0 aliphatic carbocycles. The lowest BCUT2D eigenvalue weighted by atomic mass is 9.98. The van der Waals surface area contributed by atoms with E-state index in [-0.39, 0.29) is 18.6 Å². The zero-order valence-corrected chi connectivity index (χ0v) is 12.3. The van der Waals surface area contributed by atoms with Gasteiger partial charge in [-0.1, -0.05) is 11.6 Å². The maximum atomic E-state index is 11.9. The summed E-state index contributed by atoms with van der Waals surface area (Å²) in [5.74, 6) is -2.50. The molecule has 0 saturated carbocycles. The van der Waals surface area contributed by atoms with Gasteiger partial charge in [0.25, 0.3) is 0 Å². The highest BCUT2D eigenvalue weighted by molar-refractivity contribution is 6.30. The summed E-state index contributed by atoms with van der Waals surface area (Å²) in [4.78, 5) is 34.9. The van der Waals surface area contributed by atoms with Gasteiger partial charge in [0.15, 0.2) is 17.5 Å². The summed E-state index contributed by atoms with van der Waals surface area (Å²) in [6.07, 6.45) is 0.500. The van der Waals surface area contributed by atoms with Gasteiger partial charge in [-0.2, -0.15) is 5.26 Å². The minimum Gasteiger partial charge on any atom is -0.358 e. The Hall–Kier alpha value is -2.19. The second-order valence-corrected chi connectivity index (χ2v) is 4.86. The topological polar surface area (TPSA) is 87.0 Å². The molecule has 0 unspecified atom stereocenters. The first kappa shape index (κ1) is 16.9. The van der Waals surface area contributed by atoms with E-state index in [9.17, 15) is 14.4 Å².